The number of hydrogen-bond donors (Lipinski definition) is 2. The van der Waals surface area contributed by atoms with E-state index >= 15 is 0 Å². The average Bonchev–Trinajstić information content (AvgIpc) is 2.25. The van der Waals surface area contributed by atoms with Crippen molar-refractivity contribution in [1.29, 1.82) is 0 Å². The molecule has 9 heteroatoms. The summed E-state index contributed by atoms with van der Waals surface area (Å²) in [5, 5.41) is 15.9. The van der Waals surface area contributed by atoms with Crippen molar-refractivity contribution in [1.82, 2.24) is 9.78 Å². The fourth-order valence-electron chi connectivity index (χ4n) is 1.32. The van der Waals surface area contributed by atoms with E-state index in [1.807, 2.05) is 0 Å². The molecule has 5 nitrogen and oxygen atoms in total. The highest BCUT2D eigenvalue weighted by Crippen LogP contribution is 2.28. The third kappa shape index (κ3) is 4.34. The Kier molecular flexibility index (Phi) is 4.65. The normalized spacial score (nSPS) is 13.4. The number of nitrogens with one attached hydrogen (secondary N) is 1. The van der Waals surface area contributed by atoms with Crippen molar-refractivity contribution in [3.8, 4) is 0 Å². The van der Waals surface area contributed by atoms with Gasteiger partial charge in [0.2, 0.25) is 0 Å². The minimum Gasteiger partial charge on any atom is -0.388 e. The van der Waals surface area contributed by atoms with Crippen LogP contribution in [-0.4, -0.2) is 32.2 Å². The van der Waals surface area contributed by atoms with Crippen molar-refractivity contribution >= 4 is 17.3 Å². The Morgan fingerprint density at radius 1 is 1.33 bits per heavy atom. The SMILES string of the molecule is CC(C)(O)C(C)(C)Nc1cnn(CC(F)(F)F)c(=O)c1Cl. The van der Waals surface area contributed by atoms with Gasteiger partial charge in [-0.25, -0.2) is 4.68 Å². The molecule has 0 saturated carbocycles. The van der Waals surface area contributed by atoms with Gasteiger partial charge in [-0.1, -0.05) is 11.6 Å². The number of halogens is 4. The lowest BCUT2D eigenvalue weighted by atomic mass is 9.86. The van der Waals surface area contributed by atoms with Crippen LogP contribution in [0.5, 0.6) is 0 Å². The Balaban J connectivity index is 3.15. The second kappa shape index (κ2) is 5.49. The van der Waals surface area contributed by atoms with Crippen molar-refractivity contribution in [3.63, 3.8) is 0 Å². The molecule has 0 amide bonds. The maximum Gasteiger partial charge on any atom is 0.408 e. The van der Waals surface area contributed by atoms with Gasteiger partial charge in [0.1, 0.15) is 11.6 Å². The molecule has 1 heterocycles. The monoisotopic (exact) mass is 327 g/mol. The molecule has 1 aromatic heterocycles. The number of hydrogen-bond acceptors (Lipinski definition) is 4. The standard InChI is InChI=1S/C12H17ClF3N3O2/c1-10(2,11(3,4)21)18-7-5-17-19(6-12(14,15)16)9(20)8(7)13/h5,18,21H,6H2,1-4H3. The summed E-state index contributed by atoms with van der Waals surface area (Å²) in [5.74, 6) is 0. The molecule has 0 aliphatic rings. The molecule has 2 N–H and O–H groups in total. The van der Waals surface area contributed by atoms with Crippen LogP contribution >= 0.6 is 11.6 Å². The molecule has 1 aromatic rings. The van der Waals surface area contributed by atoms with Crippen molar-refractivity contribution in [2.45, 2.75) is 51.6 Å². The van der Waals surface area contributed by atoms with Crippen molar-refractivity contribution in [3.05, 3.63) is 21.6 Å². The van der Waals surface area contributed by atoms with Gasteiger partial charge in [-0.3, -0.25) is 4.79 Å². The average molecular weight is 328 g/mol. The molecule has 0 unspecified atom stereocenters. The van der Waals surface area contributed by atoms with Gasteiger partial charge >= 0.3 is 6.18 Å². The Hall–Kier alpha value is -1.28. The lowest BCUT2D eigenvalue weighted by molar-refractivity contribution is -0.143. The Bertz CT molecular complexity index is 577. The first-order valence-corrected chi connectivity index (χ1v) is 6.45. The second-order valence-corrected chi connectivity index (χ2v) is 6.14. The van der Waals surface area contributed by atoms with Crippen LogP contribution in [0.4, 0.5) is 18.9 Å². The fraction of sp³-hybridized carbons (Fsp3) is 0.667. The number of anilines is 1. The molecule has 0 fully saturated rings. The molecule has 0 aliphatic carbocycles. The maximum absolute atomic E-state index is 12.3. The van der Waals surface area contributed by atoms with E-state index in [9.17, 15) is 23.1 Å². The van der Waals surface area contributed by atoms with Gasteiger partial charge in [-0.05, 0) is 27.7 Å². The summed E-state index contributed by atoms with van der Waals surface area (Å²) in [5.41, 5.74) is -3.05. The summed E-state index contributed by atoms with van der Waals surface area (Å²) < 4.78 is 37.1. The van der Waals surface area contributed by atoms with E-state index in [0.717, 1.165) is 6.20 Å². The minimum absolute atomic E-state index is 0.0622. The lowest BCUT2D eigenvalue weighted by Gasteiger charge is -2.38. The van der Waals surface area contributed by atoms with Gasteiger partial charge in [-0.2, -0.15) is 18.3 Å². The van der Waals surface area contributed by atoms with Crippen LogP contribution in [0.2, 0.25) is 5.02 Å². The molecular weight excluding hydrogens is 311 g/mol. The molecule has 0 aromatic carbocycles. The Morgan fingerprint density at radius 3 is 2.29 bits per heavy atom. The van der Waals surface area contributed by atoms with Crippen molar-refractivity contribution < 1.29 is 18.3 Å². The lowest BCUT2D eigenvalue weighted by Crippen LogP contribution is -2.51. The zero-order valence-corrected chi connectivity index (χ0v) is 12.8. The summed E-state index contributed by atoms with van der Waals surface area (Å²) in [6.45, 7) is 4.90. The van der Waals surface area contributed by atoms with Crippen LogP contribution in [0.3, 0.4) is 0 Å². The van der Waals surface area contributed by atoms with Gasteiger partial charge in [0, 0.05) is 0 Å². The number of rotatable bonds is 4. The van der Waals surface area contributed by atoms with Crippen LogP contribution in [-0.2, 0) is 6.54 Å². The van der Waals surface area contributed by atoms with Crippen LogP contribution in [0.25, 0.3) is 0 Å². The van der Waals surface area contributed by atoms with E-state index in [-0.39, 0.29) is 10.4 Å². The summed E-state index contributed by atoms with van der Waals surface area (Å²) in [6.07, 6.45) is -3.54. The summed E-state index contributed by atoms with van der Waals surface area (Å²) in [4.78, 5) is 11.8. The first kappa shape index (κ1) is 17.8. The van der Waals surface area contributed by atoms with Gasteiger partial charge in [0.05, 0.1) is 23.0 Å². The fourth-order valence-corrected chi connectivity index (χ4v) is 1.52. The molecule has 120 valence electrons. The zero-order valence-electron chi connectivity index (χ0n) is 12.0. The van der Waals surface area contributed by atoms with E-state index in [4.69, 9.17) is 11.6 Å². The van der Waals surface area contributed by atoms with Gasteiger partial charge < -0.3 is 10.4 Å². The summed E-state index contributed by atoms with van der Waals surface area (Å²) >= 11 is 5.80. The quantitative estimate of drug-likeness (QED) is 0.891. The number of aliphatic hydroxyl groups is 1. The largest absolute Gasteiger partial charge is 0.408 e. The minimum atomic E-state index is -4.57. The first-order chi connectivity index (χ1) is 9.24. The molecule has 0 atom stereocenters. The van der Waals surface area contributed by atoms with E-state index in [1.165, 1.54) is 0 Å². The van der Waals surface area contributed by atoms with Crippen molar-refractivity contribution in [2.75, 3.05) is 5.32 Å². The molecule has 0 bridgehead atoms. The highest BCUT2D eigenvalue weighted by Gasteiger charge is 2.36. The third-order valence-corrected chi connectivity index (χ3v) is 3.66. The van der Waals surface area contributed by atoms with E-state index in [2.05, 4.69) is 10.4 Å². The number of nitrogens with zero attached hydrogens (tertiary/aromatic N) is 2. The Labute approximate surface area is 124 Å². The third-order valence-electron chi connectivity index (χ3n) is 3.29. The van der Waals surface area contributed by atoms with Crippen LogP contribution in [0.15, 0.2) is 11.0 Å². The maximum atomic E-state index is 12.3. The first-order valence-electron chi connectivity index (χ1n) is 6.07. The predicted octanol–water partition coefficient (Wildman–Crippen LogP) is 2.42. The molecule has 0 radical (unpaired) electrons. The topological polar surface area (TPSA) is 67.2 Å². The molecule has 0 aliphatic heterocycles. The second-order valence-electron chi connectivity index (χ2n) is 5.76. The van der Waals surface area contributed by atoms with E-state index < -0.39 is 34.4 Å². The van der Waals surface area contributed by atoms with Crippen LogP contribution in [0.1, 0.15) is 27.7 Å². The number of aromatic nitrogens is 2. The highest BCUT2D eigenvalue weighted by molar-refractivity contribution is 6.32. The van der Waals surface area contributed by atoms with E-state index in [1.54, 1.807) is 27.7 Å². The van der Waals surface area contributed by atoms with Gasteiger partial charge in [-0.15, -0.1) is 0 Å². The zero-order chi connectivity index (χ0) is 16.6. The summed E-state index contributed by atoms with van der Waals surface area (Å²) in [7, 11) is 0. The molecule has 1 rings (SSSR count). The predicted molar refractivity (Wildman–Crippen MR) is 73.6 cm³/mol. The Morgan fingerprint density at radius 2 is 1.86 bits per heavy atom. The van der Waals surface area contributed by atoms with E-state index in [0.29, 0.717) is 0 Å². The smallest absolute Gasteiger partial charge is 0.388 e. The van der Waals surface area contributed by atoms with Gasteiger partial charge in [0.15, 0.2) is 0 Å². The molecule has 0 saturated heterocycles. The van der Waals surface area contributed by atoms with Gasteiger partial charge in [0.25, 0.3) is 5.56 Å². The summed E-state index contributed by atoms with van der Waals surface area (Å²) in [6, 6.07) is 0. The molecular formula is C12H17ClF3N3O2. The van der Waals surface area contributed by atoms with Crippen molar-refractivity contribution in [2.24, 2.45) is 0 Å². The van der Waals surface area contributed by atoms with Crippen LogP contribution < -0.4 is 10.9 Å². The highest BCUT2D eigenvalue weighted by atomic mass is 35.5. The van der Waals surface area contributed by atoms with Crippen LogP contribution in [0, 0.1) is 0 Å². The molecule has 21 heavy (non-hydrogen) atoms. The number of alkyl halides is 3. The molecule has 0 spiro atoms.